The molecule has 22 heavy (non-hydrogen) atoms. The van der Waals surface area contributed by atoms with E-state index in [2.05, 4.69) is 22.1 Å². The number of aromatic nitrogens is 3. The zero-order chi connectivity index (χ0) is 15.5. The van der Waals surface area contributed by atoms with E-state index < -0.39 is 0 Å². The summed E-state index contributed by atoms with van der Waals surface area (Å²) >= 11 is 3.39. The van der Waals surface area contributed by atoms with Gasteiger partial charge >= 0.3 is 0 Å². The van der Waals surface area contributed by atoms with Gasteiger partial charge in [-0.1, -0.05) is 19.1 Å². The Morgan fingerprint density at radius 1 is 1.27 bits per heavy atom. The largest absolute Gasteiger partial charge is 0.497 e. The number of thiazole rings is 1. The first kappa shape index (κ1) is 15.2. The topological polar surface area (TPSA) is 47.9 Å². The average Bonchev–Trinajstić information content (AvgIpc) is 2.94. The van der Waals surface area contributed by atoms with E-state index in [0.717, 1.165) is 49.4 Å². The monoisotopic (exact) mass is 331 g/mol. The minimum Gasteiger partial charge on any atom is -0.497 e. The smallest absolute Gasteiger partial charge is 0.146 e. The Bertz CT molecular complexity index is 801. The Balaban J connectivity index is 2.14. The van der Waals surface area contributed by atoms with Crippen LogP contribution in [-0.2, 0) is 0 Å². The van der Waals surface area contributed by atoms with Crippen molar-refractivity contribution >= 4 is 33.3 Å². The van der Waals surface area contributed by atoms with Gasteiger partial charge in [0.1, 0.15) is 22.0 Å². The molecule has 0 amide bonds. The third-order valence-corrected chi connectivity index (χ3v) is 5.32. The first-order chi connectivity index (χ1) is 10.7. The van der Waals surface area contributed by atoms with Crippen LogP contribution in [0.2, 0.25) is 0 Å². The Morgan fingerprint density at radius 2 is 2.14 bits per heavy atom. The molecule has 4 nitrogen and oxygen atoms in total. The molecule has 3 rings (SSSR count). The highest BCUT2D eigenvalue weighted by Gasteiger charge is 2.15. The molecular formula is C16H17N3OS2. The molecule has 0 aliphatic rings. The second-order valence-electron chi connectivity index (χ2n) is 4.84. The van der Waals surface area contributed by atoms with E-state index >= 15 is 0 Å². The first-order valence-electron chi connectivity index (χ1n) is 7.14. The van der Waals surface area contributed by atoms with Gasteiger partial charge in [-0.2, -0.15) is 0 Å². The predicted octanol–water partition coefficient (Wildman–Crippen LogP) is 4.57. The Morgan fingerprint density at radius 3 is 2.91 bits per heavy atom. The van der Waals surface area contributed by atoms with Crippen LogP contribution in [0.5, 0.6) is 5.75 Å². The van der Waals surface area contributed by atoms with E-state index in [1.165, 1.54) is 0 Å². The lowest BCUT2D eigenvalue weighted by molar-refractivity contribution is 0.415. The molecule has 0 saturated carbocycles. The Kier molecular flexibility index (Phi) is 4.59. The van der Waals surface area contributed by atoms with Crippen LogP contribution in [0.4, 0.5) is 0 Å². The van der Waals surface area contributed by atoms with Crippen LogP contribution >= 0.6 is 23.1 Å². The number of fused-ring (bicyclic) bond motifs is 1. The van der Waals surface area contributed by atoms with Crippen molar-refractivity contribution in [3.05, 3.63) is 29.3 Å². The van der Waals surface area contributed by atoms with Gasteiger partial charge in [0.25, 0.3) is 0 Å². The van der Waals surface area contributed by atoms with Crippen molar-refractivity contribution in [2.75, 3.05) is 12.9 Å². The van der Waals surface area contributed by atoms with Gasteiger partial charge in [-0.05, 0) is 31.2 Å². The molecule has 0 spiro atoms. The standard InChI is InChI=1S/C16H17N3OS2/c1-4-8-21-16-14-15(22-10(2)17-14)13(18-19-16)11-6-5-7-12(9-11)20-3/h5-7,9H,4,8H2,1-3H3. The average molecular weight is 331 g/mol. The molecule has 0 unspecified atom stereocenters. The molecule has 0 fully saturated rings. The number of benzene rings is 1. The van der Waals surface area contributed by atoms with Crippen LogP contribution in [0, 0.1) is 6.92 Å². The van der Waals surface area contributed by atoms with Gasteiger partial charge in [0.05, 0.1) is 16.8 Å². The normalized spacial score (nSPS) is 11.0. The fraction of sp³-hybridized carbons (Fsp3) is 0.312. The number of thioether (sulfide) groups is 1. The molecule has 0 aliphatic carbocycles. The van der Waals surface area contributed by atoms with Crippen molar-refractivity contribution in [2.45, 2.75) is 25.3 Å². The van der Waals surface area contributed by atoms with Crippen molar-refractivity contribution in [2.24, 2.45) is 0 Å². The molecule has 0 radical (unpaired) electrons. The van der Waals surface area contributed by atoms with Crippen LogP contribution in [0.15, 0.2) is 29.3 Å². The number of nitrogens with zero attached hydrogens (tertiary/aromatic N) is 3. The van der Waals surface area contributed by atoms with E-state index in [1.54, 1.807) is 30.2 Å². The molecule has 3 aromatic rings. The molecule has 114 valence electrons. The lowest BCUT2D eigenvalue weighted by Crippen LogP contribution is -1.93. The van der Waals surface area contributed by atoms with Gasteiger partial charge in [-0.3, -0.25) is 0 Å². The number of ether oxygens (including phenoxy) is 1. The van der Waals surface area contributed by atoms with Crippen molar-refractivity contribution in [3.8, 4) is 17.0 Å². The molecule has 0 aliphatic heterocycles. The summed E-state index contributed by atoms with van der Waals surface area (Å²) in [6.45, 7) is 4.18. The molecule has 0 atom stereocenters. The summed E-state index contributed by atoms with van der Waals surface area (Å²) in [5.74, 6) is 1.84. The van der Waals surface area contributed by atoms with Gasteiger partial charge in [0, 0.05) is 5.56 Å². The van der Waals surface area contributed by atoms with Crippen molar-refractivity contribution in [1.82, 2.24) is 15.2 Å². The van der Waals surface area contributed by atoms with E-state index in [4.69, 9.17) is 4.74 Å². The van der Waals surface area contributed by atoms with Gasteiger partial charge < -0.3 is 4.74 Å². The quantitative estimate of drug-likeness (QED) is 0.641. The summed E-state index contributed by atoms with van der Waals surface area (Å²) in [5, 5.41) is 10.8. The highest BCUT2D eigenvalue weighted by molar-refractivity contribution is 7.99. The molecule has 0 bridgehead atoms. The molecule has 0 saturated heterocycles. The fourth-order valence-electron chi connectivity index (χ4n) is 2.18. The Labute approximate surface area is 137 Å². The van der Waals surface area contributed by atoms with E-state index in [9.17, 15) is 0 Å². The third kappa shape index (κ3) is 2.94. The number of aryl methyl sites for hydroxylation is 1. The lowest BCUT2D eigenvalue weighted by atomic mass is 10.1. The summed E-state index contributed by atoms with van der Waals surface area (Å²) in [6, 6.07) is 7.91. The third-order valence-electron chi connectivity index (χ3n) is 3.18. The highest BCUT2D eigenvalue weighted by atomic mass is 32.2. The highest BCUT2D eigenvalue weighted by Crippen LogP contribution is 2.36. The summed E-state index contributed by atoms with van der Waals surface area (Å²) in [4.78, 5) is 4.66. The minimum atomic E-state index is 0.818. The fourth-order valence-corrected chi connectivity index (χ4v) is 3.95. The molecule has 2 aromatic heterocycles. The van der Waals surface area contributed by atoms with Crippen molar-refractivity contribution in [1.29, 1.82) is 0 Å². The Hall–Kier alpha value is -1.66. The number of hydrogen-bond acceptors (Lipinski definition) is 6. The molecule has 2 heterocycles. The maximum atomic E-state index is 5.31. The molecule has 6 heteroatoms. The molecule has 0 N–H and O–H groups in total. The number of hydrogen-bond donors (Lipinski definition) is 0. The zero-order valence-corrected chi connectivity index (χ0v) is 14.4. The van der Waals surface area contributed by atoms with E-state index in [-0.39, 0.29) is 0 Å². The van der Waals surface area contributed by atoms with Gasteiger partial charge in [0.15, 0.2) is 0 Å². The predicted molar refractivity (Wildman–Crippen MR) is 93.0 cm³/mol. The zero-order valence-electron chi connectivity index (χ0n) is 12.8. The minimum absolute atomic E-state index is 0.818. The lowest BCUT2D eigenvalue weighted by Gasteiger charge is -2.06. The summed E-state index contributed by atoms with van der Waals surface area (Å²) in [5.41, 5.74) is 2.85. The van der Waals surface area contributed by atoms with Crippen LogP contribution in [0.25, 0.3) is 21.5 Å². The van der Waals surface area contributed by atoms with Gasteiger partial charge in [-0.15, -0.1) is 33.3 Å². The van der Waals surface area contributed by atoms with E-state index in [1.807, 2.05) is 31.2 Å². The SMILES string of the molecule is CCCSc1nnc(-c2cccc(OC)c2)c2sc(C)nc12. The summed E-state index contributed by atoms with van der Waals surface area (Å²) < 4.78 is 6.40. The van der Waals surface area contributed by atoms with Crippen LogP contribution in [0.1, 0.15) is 18.4 Å². The van der Waals surface area contributed by atoms with Crippen LogP contribution in [-0.4, -0.2) is 28.0 Å². The number of rotatable bonds is 5. The summed E-state index contributed by atoms with van der Waals surface area (Å²) in [6.07, 6.45) is 1.11. The maximum absolute atomic E-state index is 5.31. The van der Waals surface area contributed by atoms with Crippen LogP contribution < -0.4 is 4.74 Å². The van der Waals surface area contributed by atoms with Crippen molar-refractivity contribution < 1.29 is 4.74 Å². The first-order valence-corrected chi connectivity index (χ1v) is 8.94. The summed E-state index contributed by atoms with van der Waals surface area (Å²) in [7, 11) is 1.67. The second-order valence-corrected chi connectivity index (χ2v) is 7.13. The number of methoxy groups -OCH3 is 1. The molecule has 1 aromatic carbocycles. The van der Waals surface area contributed by atoms with E-state index in [0.29, 0.717) is 0 Å². The van der Waals surface area contributed by atoms with Crippen molar-refractivity contribution in [3.63, 3.8) is 0 Å². The van der Waals surface area contributed by atoms with Crippen LogP contribution in [0.3, 0.4) is 0 Å². The van der Waals surface area contributed by atoms with Gasteiger partial charge in [0.2, 0.25) is 0 Å². The maximum Gasteiger partial charge on any atom is 0.146 e. The molecular weight excluding hydrogens is 314 g/mol. The van der Waals surface area contributed by atoms with Gasteiger partial charge in [-0.25, -0.2) is 4.98 Å². The second kappa shape index (κ2) is 6.62.